The van der Waals surface area contributed by atoms with Gasteiger partial charge in [-0.1, -0.05) is 13.8 Å². The molecule has 0 unspecified atom stereocenters. The molecule has 0 amide bonds. The van der Waals surface area contributed by atoms with Crippen molar-refractivity contribution >= 4 is 0 Å². The Bertz CT molecular complexity index is 326. The number of hydrogen-bond acceptors (Lipinski definition) is 3. The molecule has 0 atom stereocenters. The number of aromatic nitrogens is 1. The molecule has 3 nitrogen and oxygen atoms in total. The fourth-order valence-electron chi connectivity index (χ4n) is 1.72. The molecule has 1 heterocycles. The zero-order chi connectivity index (χ0) is 13.2. The average Bonchev–Trinajstić information content (AvgIpc) is 2.34. The Morgan fingerprint density at radius 2 is 2.11 bits per heavy atom. The van der Waals surface area contributed by atoms with Crippen molar-refractivity contribution in [1.29, 1.82) is 0 Å². The van der Waals surface area contributed by atoms with Crippen LogP contribution in [0, 0.1) is 12.8 Å². The van der Waals surface area contributed by atoms with Crippen molar-refractivity contribution in [3.63, 3.8) is 0 Å². The molecule has 0 aliphatic carbocycles. The highest BCUT2D eigenvalue weighted by Gasteiger charge is 1.98. The first kappa shape index (κ1) is 15.0. The summed E-state index contributed by atoms with van der Waals surface area (Å²) in [5, 5.41) is 3.45. The third-order valence-corrected chi connectivity index (χ3v) is 2.77. The van der Waals surface area contributed by atoms with E-state index in [0.29, 0.717) is 0 Å². The number of pyridine rings is 1. The first-order valence-corrected chi connectivity index (χ1v) is 6.95. The molecule has 0 bridgehead atoms. The van der Waals surface area contributed by atoms with E-state index in [1.165, 1.54) is 12.8 Å². The minimum atomic E-state index is 0.738. The van der Waals surface area contributed by atoms with E-state index in [1.807, 2.05) is 19.1 Å². The van der Waals surface area contributed by atoms with E-state index in [1.54, 1.807) is 6.20 Å². The Kier molecular flexibility index (Phi) is 7.42. The van der Waals surface area contributed by atoms with Crippen LogP contribution in [0.25, 0.3) is 0 Å². The van der Waals surface area contributed by atoms with Crippen LogP contribution in [0.3, 0.4) is 0 Å². The van der Waals surface area contributed by atoms with Crippen molar-refractivity contribution in [1.82, 2.24) is 10.3 Å². The number of nitrogens with one attached hydrogen (secondary N) is 1. The van der Waals surface area contributed by atoms with E-state index >= 15 is 0 Å². The van der Waals surface area contributed by atoms with Gasteiger partial charge in [0.25, 0.3) is 0 Å². The molecule has 1 aromatic rings. The van der Waals surface area contributed by atoms with Gasteiger partial charge in [-0.3, -0.25) is 4.98 Å². The van der Waals surface area contributed by atoms with Gasteiger partial charge in [-0.2, -0.15) is 0 Å². The van der Waals surface area contributed by atoms with Gasteiger partial charge in [-0.25, -0.2) is 0 Å². The monoisotopic (exact) mass is 250 g/mol. The van der Waals surface area contributed by atoms with Crippen LogP contribution in [0.1, 0.15) is 38.8 Å². The molecule has 0 aliphatic heterocycles. The van der Waals surface area contributed by atoms with Crippen LogP contribution in [0.2, 0.25) is 0 Å². The van der Waals surface area contributed by atoms with E-state index < -0.39 is 0 Å². The number of unbranched alkanes of at least 4 members (excludes halogenated alkanes) is 2. The quantitative estimate of drug-likeness (QED) is 0.683. The van der Waals surface area contributed by atoms with Crippen LogP contribution in [-0.4, -0.2) is 24.7 Å². The maximum absolute atomic E-state index is 5.70. The van der Waals surface area contributed by atoms with Crippen molar-refractivity contribution in [2.75, 3.05) is 19.7 Å². The van der Waals surface area contributed by atoms with Crippen molar-refractivity contribution in [2.45, 2.75) is 40.0 Å². The average molecular weight is 250 g/mol. The molecule has 0 saturated heterocycles. The van der Waals surface area contributed by atoms with Crippen molar-refractivity contribution in [3.05, 3.63) is 24.0 Å². The molecule has 18 heavy (non-hydrogen) atoms. The van der Waals surface area contributed by atoms with E-state index in [2.05, 4.69) is 24.1 Å². The summed E-state index contributed by atoms with van der Waals surface area (Å²) in [6, 6.07) is 3.89. The predicted molar refractivity (Wildman–Crippen MR) is 76.0 cm³/mol. The molecule has 102 valence electrons. The van der Waals surface area contributed by atoms with E-state index in [9.17, 15) is 0 Å². The molecule has 0 aliphatic rings. The summed E-state index contributed by atoms with van der Waals surface area (Å²) in [5.74, 6) is 1.65. The fraction of sp³-hybridized carbons (Fsp3) is 0.667. The van der Waals surface area contributed by atoms with Gasteiger partial charge in [0.1, 0.15) is 5.75 Å². The normalized spacial score (nSPS) is 10.9. The SMILES string of the molecule is Cc1ncccc1OCCCCCNCC(C)C. The minimum absolute atomic E-state index is 0.738. The van der Waals surface area contributed by atoms with Gasteiger partial charge in [0.05, 0.1) is 12.3 Å². The highest BCUT2D eigenvalue weighted by atomic mass is 16.5. The summed E-state index contributed by atoms with van der Waals surface area (Å²) in [7, 11) is 0. The number of ether oxygens (including phenoxy) is 1. The third-order valence-electron chi connectivity index (χ3n) is 2.77. The Morgan fingerprint density at radius 1 is 1.28 bits per heavy atom. The molecule has 1 aromatic heterocycles. The first-order chi connectivity index (χ1) is 8.70. The van der Waals surface area contributed by atoms with Gasteiger partial charge in [-0.15, -0.1) is 0 Å². The highest BCUT2D eigenvalue weighted by Crippen LogP contribution is 2.13. The van der Waals surface area contributed by atoms with E-state index in [-0.39, 0.29) is 0 Å². The van der Waals surface area contributed by atoms with E-state index in [0.717, 1.165) is 43.5 Å². The lowest BCUT2D eigenvalue weighted by atomic mass is 10.2. The summed E-state index contributed by atoms with van der Waals surface area (Å²) in [6.07, 6.45) is 5.34. The minimum Gasteiger partial charge on any atom is -0.492 e. The van der Waals surface area contributed by atoms with Crippen LogP contribution in [0.5, 0.6) is 5.75 Å². The summed E-state index contributed by atoms with van der Waals surface area (Å²) < 4.78 is 5.70. The fourth-order valence-corrected chi connectivity index (χ4v) is 1.72. The van der Waals surface area contributed by atoms with E-state index in [4.69, 9.17) is 4.74 Å². The van der Waals surface area contributed by atoms with Crippen molar-refractivity contribution in [3.8, 4) is 5.75 Å². The molecular formula is C15H26N2O. The second-order valence-electron chi connectivity index (χ2n) is 5.09. The second-order valence-corrected chi connectivity index (χ2v) is 5.09. The lowest BCUT2D eigenvalue weighted by Crippen LogP contribution is -2.20. The zero-order valence-electron chi connectivity index (χ0n) is 11.9. The van der Waals surface area contributed by atoms with Gasteiger partial charge >= 0.3 is 0 Å². The third kappa shape index (κ3) is 6.60. The van der Waals surface area contributed by atoms with Crippen LogP contribution < -0.4 is 10.1 Å². The molecule has 0 fully saturated rings. The topological polar surface area (TPSA) is 34.1 Å². The molecule has 0 spiro atoms. The number of hydrogen-bond donors (Lipinski definition) is 1. The highest BCUT2D eigenvalue weighted by molar-refractivity contribution is 5.25. The number of aryl methyl sites for hydroxylation is 1. The smallest absolute Gasteiger partial charge is 0.140 e. The Balaban J connectivity index is 1.98. The van der Waals surface area contributed by atoms with Crippen LogP contribution in [-0.2, 0) is 0 Å². The second kappa shape index (κ2) is 8.92. The molecular weight excluding hydrogens is 224 g/mol. The largest absolute Gasteiger partial charge is 0.492 e. The maximum atomic E-state index is 5.70. The molecule has 1 N–H and O–H groups in total. The van der Waals surface area contributed by atoms with Gasteiger partial charge in [0.2, 0.25) is 0 Å². The molecule has 1 rings (SSSR count). The van der Waals surface area contributed by atoms with Crippen LogP contribution in [0.4, 0.5) is 0 Å². The number of nitrogens with zero attached hydrogens (tertiary/aromatic N) is 1. The van der Waals surface area contributed by atoms with Gasteiger partial charge < -0.3 is 10.1 Å². The van der Waals surface area contributed by atoms with Gasteiger partial charge in [0.15, 0.2) is 0 Å². The first-order valence-electron chi connectivity index (χ1n) is 6.95. The Hall–Kier alpha value is -1.09. The molecule has 0 saturated carbocycles. The van der Waals surface area contributed by atoms with Gasteiger partial charge in [0, 0.05) is 6.20 Å². The summed E-state index contributed by atoms with van der Waals surface area (Å²) in [6.45, 7) is 9.46. The maximum Gasteiger partial charge on any atom is 0.140 e. The zero-order valence-corrected chi connectivity index (χ0v) is 11.9. The summed E-state index contributed by atoms with van der Waals surface area (Å²) >= 11 is 0. The van der Waals surface area contributed by atoms with Crippen LogP contribution in [0.15, 0.2) is 18.3 Å². The Morgan fingerprint density at radius 3 is 2.83 bits per heavy atom. The summed E-state index contributed by atoms with van der Waals surface area (Å²) in [4.78, 5) is 4.20. The van der Waals surface area contributed by atoms with Crippen molar-refractivity contribution < 1.29 is 4.74 Å². The van der Waals surface area contributed by atoms with Crippen molar-refractivity contribution in [2.24, 2.45) is 5.92 Å². The summed E-state index contributed by atoms with van der Waals surface area (Å²) in [5.41, 5.74) is 0.969. The predicted octanol–water partition coefficient (Wildman–Crippen LogP) is 3.18. The molecule has 0 aromatic carbocycles. The lowest BCUT2D eigenvalue weighted by Gasteiger charge is -2.09. The van der Waals surface area contributed by atoms with Gasteiger partial charge in [-0.05, 0) is 57.3 Å². The standard InChI is InChI=1S/C15H26N2O/c1-13(2)12-16-9-5-4-6-11-18-15-8-7-10-17-14(15)3/h7-8,10,13,16H,4-6,9,11-12H2,1-3H3. The van der Waals surface area contributed by atoms with Crippen LogP contribution >= 0.6 is 0 Å². The Labute approximate surface area is 111 Å². The number of rotatable bonds is 9. The molecule has 3 heteroatoms. The lowest BCUT2D eigenvalue weighted by molar-refractivity contribution is 0.301. The molecule has 0 radical (unpaired) electrons.